The van der Waals surface area contributed by atoms with Crippen molar-refractivity contribution in [3.05, 3.63) is 40.5 Å². The van der Waals surface area contributed by atoms with Crippen LogP contribution in [0.5, 0.6) is 0 Å². The third-order valence-corrected chi connectivity index (χ3v) is 3.90. The Kier molecular flexibility index (Phi) is 3.70. The molecule has 1 rings (SSSR count). The van der Waals surface area contributed by atoms with Crippen LogP contribution in [-0.2, 0) is 0 Å². The van der Waals surface area contributed by atoms with Gasteiger partial charge in [-0.3, -0.25) is 0 Å². The summed E-state index contributed by atoms with van der Waals surface area (Å²) in [5, 5.41) is 1.31. The molecule has 0 saturated heterocycles. The summed E-state index contributed by atoms with van der Waals surface area (Å²) in [4.78, 5) is 0. The van der Waals surface area contributed by atoms with Crippen LogP contribution in [0.3, 0.4) is 0 Å². The first-order valence-electron chi connectivity index (χ1n) is 3.31. The molecule has 3 heteroatoms. The molecule has 0 N–H and O–H groups in total. The quantitative estimate of drug-likeness (QED) is 0.642. The Morgan fingerprint density at radius 2 is 1.91 bits per heavy atom. The van der Waals surface area contributed by atoms with Crippen molar-refractivity contribution < 1.29 is 0 Å². The Balaban J connectivity index is 2.65. The van der Waals surface area contributed by atoms with Crippen molar-refractivity contribution in [2.45, 2.75) is 0 Å². The van der Waals surface area contributed by atoms with Crippen LogP contribution in [0.15, 0.2) is 40.5 Å². The van der Waals surface area contributed by atoms with Gasteiger partial charge < -0.3 is 0 Å². The third-order valence-electron chi connectivity index (χ3n) is 1.33. The van der Waals surface area contributed by atoms with E-state index in [2.05, 4.69) is 12.1 Å². The molecule has 1 aromatic carbocycles. The highest BCUT2D eigenvalue weighted by Crippen LogP contribution is 1.99. The molecule has 0 bridgehead atoms. The number of hydrogen-bond donors (Lipinski definition) is 0. The molecule has 0 saturated carbocycles. The van der Waals surface area contributed by atoms with E-state index in [-0.39, 0.29) is 0 Å². The van der Waals surface area contributed by atoms with Gasteiger partial charge in [-0.05, 0) is 0 Å². The molecule has 0 aliphatic carbocycles. The van der Waals surface area contributed by atoms with Crippen molar-refractivity contribution in [2.75, 3.05) is 0 Å². The SMILES string of the molecule is ClC=C(Cl)[SiH2]c1ccccc1. The molecule has 58 valence electrons. The summed E-state index contributed by atoms with van der Waals surface area (Å²) < 4.78 is 0.804. The van der Waals surface area contributed by atoms with Crippen molar-refractivity contribution in [3.63, 3.8) is 0 Å². The summed E-state index contributed by atoms with van der Waals surface area (Å²) >= 11 is 11.2. The van der Waals surface area contributed by atoms with Gasteiger partial charge >= 0.3 is 0 Å². The van der Waals surface area contributed by atoms with E-state index in [0.717, 1.165) is 4.66 Å². The summed E-state index contributed by atoms with van der Waals surface area (Å²) in [7, 11) is -0.492. The molecule has 0 radical (unpaired) electrons. The number of halogens is 2. The molecule has 0 aliphatic heterocycles. The molecular formula is C8H8Cl2Si. The van der Waals surface area contributed by atoms with Gasteiger partial charge in [-0.25, -0.2) is 0 Å². The Morgan fingerprint density at radius 3 is 2.45 bits per heavy atom. The van der Waals surface area contributed by atoms with Crippen LogP contribution in [0.25, 0.3) is 0 Å². The van der Waals surface area contributed by atoms with Crippen LogP contribution < -0.4 is 5.19 Å². The maximum atomic E-state index is 5.79. The Hall–Kier alpha value is -0.243. The lowest BCUT2D eigenvalue weighted by Crippen LogP contribution is -2.12. The fraction of sp³-hybridized carbons (Fsp3) is 0. The molecule has 0 spiro atoms. The first kappa shape index (κ1) is 8.85. The van der Waals surface area contributed by atoms with Gasteiger partial charge in [0, 0.05) is 10.2 Å². The lowest BCUT2D eigenvalue weighted by atomic mass is 10.4. The molecule has 0 heterocycles. The van der Waals surface area contributed by atoms with Crippen molar-refractivity contribution in [3.8, 4) is 0 Å². The average Bonchev–Trinajstić information content (AvgIpc) is 2.06. The highest BCUT2D eigenvalue weighted by atomic mass is 35.5. The number of rotatable bonds is 2. The van der Waals surface area contributed by atoms with Gasteiger partial charge in [0.15, 0.2) is 0 Å². The second-order valence-corrected chi connectivity index (χ2v) is 5.30. The van der Waals surface area contributed by atoms with Crippen LogP contribution in [-0.4, -0.2) is 9.52 Å². The molecule has 0 nitrogen and oxygen atoms in total. The number of hydrogen-bond acceptors (Lipinski definition) is 0. The third kappa shape index (κ3) is 3.10. The maximum Gasteiger partial charge on any atom is 0.103 e. The minimum atomic E-state index is -0.492. The maximum absolute atomic E-state index is 5.79. The summed E-state index contributed by atoms with van der Waals surface area (Å²) in [6.45, 7) is 0. The number of benzene rings is 1. The van der Waals surface area contributed by atoms with Crippen LogP contribution in [0, 0.1) is 0 Å². The lowest BCUT2D eigenvalue weighted by molar-refractivity contribution is 1.77. The highest BCUT2D eigenvalue weighted by molar-refractivity contribution is 6.74. The predicted octanol–water partition coefficient (Wildman–Crippen LogP) is 1.76. The summed E-state index contributed by atoms with van der Waals surface area (Å²) in [5.74, 6) is 0. The fourth-order valence-electron chi connectivity index (χ4n) is 0.829. The van der Waals surface area contributed by atoms with E-state index in [4.69, 9.17) is 23.2 Å². The molecule has 0 atom stereocenters. The van der Waals surface area contributed by atoms with Gasteiger partial charge in [-0.2, -0.15) is 0 Å². The zero-order valence-corrected chi connectivity index (χ0v) is 8.85. The summed E-state index contributed by atoms with van der Waals surface area (Å²) in [6.07, 6.45) is 0. The van der Waals surface area contributed by atoms with Gasteiger partial charge in [0.2, 0.25) is 0 Å². The van der Waals surface area contributed by atoms with Gasteiger partial charge in [0.05, 0.1) is 0 Å². The zero-order chi connectivity index (χ0) is 8.10. The smallest absolute Gasteiger partial charge is 0.0936 e. The average molecular weight is 203 g/mol. The molecule has 0 aliphatic rings. The van der Waals surface area contributed by atoms with E-state index >= 15 is 0 Å². The molecule has 0 unspecified atom stereocenters. The Labute approximate surface area is 78.7 Å². The van der Waals surface area contributed by atoms with E-state index < -0.39 is 9.52 Å². The van der Waals surface area contributed by atoms with Gasteiger partial charge in [-0.1, -0.05) is 58.7 Å². The Morgan fingerprint density at radius 1 is 1.27 bits per heavy atom. The summed E-state index contributed by atoms with van der Waals surface area (Å²) in [6, 6.07) is 10.2. The molecule has 0 aromatic heterocycles. The van der Waals surface area contributed by atoms with Crippen LogP contribution in [0.1, 0.15) is 0 Å². The minimum Gasteiger partial charge on any atom is -0.0936 e. The molecule has 0 amide bonds. The van der Waals surface area contributed by atoms with E-state index in [1.807, 2.05) is 18.2 Å². The second kappa shape index (κ2) is 4.60. The van der Waals surface area contributed by atoms with Crippen molar-refractivity contribution in [1.82, 2.24) is 0 Å². The zero-order valence-electron chi connectivity index (χ0n) is 5.93. The normalized spacial score (nSPS) is 12.7. The van der Waals surface area contributed by atoms with E-state index in [1.54, 1.807) is 0 Å². The van der Waals surface area contributed by atoms with E-state index in [1.165, 1.54) is 10.7 Å². The van der Waals surface area contributed by atoms with Crippen LogP contribution in [0.2, 0.25) is 0 Å². The monoisotopic (exact) mass is 202 g/mol. The van der Waals surface area contributed by atoms with Crippen molar-refractivity contribution in [2.24, 2.45) is 0 Å². The fourth-order valence-corrected chi connectivity index (χ4v) is 2.50. The first-order chi connectivity index (χ1) is 5.33. The van der Waals surface area contributed by atoms with E-state index in [0.29, 0.717) is 0 Å². The minimum absolute atomic E-state index is 0.492. The van der Waals surface area contributed by atoms with Gasteiger partial charge in [-0.15, -0.1) is 0 Å². The van der Waals surface area contributed by atoms with Crippen LogP contribution in [0.4, 0.5) is 0 Å². The van der Waals surface area contributed by atoms with E-state index in [9.17, 15) is 0 Å². The standard InChI is InChI=1S/C8H8Cl2Si/c9-6-8(10)11-7-4-2-1-3-5-7/h1-6H,11H2. The summed E-state index contributed by atoms with van der Waals surface area (Å²) in [5.41, 5.74) is 1.46. The van der Waals surface area contributed by atoms with Gasteiger partial charge in [0.1, 0.15) is 9.52 Å². The Bertz CT molecular complexity index is 244. The first-order valence-corrected chi connectivity index (χ1v) is 5.54. The van der Waals surface area contributed by atoms with Crippen molar-refractivity contribution in [1.29, 1.82) is 0 Å². The molecular weight excluding hydrogens is 195 g/mol. The lowest BCUT2D eigenvalue weighted by Gasteiger charge is -1.95. The van der Waals surface area contributed by atoms with Gasteiger partial charge in [0.25, 0.3) is 0 Å². The molecule has 11 heavy (non-hydrogen) atoms. The van der Waals surface area contributed by atoms with Crippen molar-refractivity contribution >= 4 is 37.9 Å². The molecule has 1 aromatic rings. The topological polar surface area (TPSA) is 0 Å². The van der Waals surface area contributed by atoms with Crippen LogP contribution >= 0.6 is 23.2 Å². The largest absolute Gasteiger partial charge is 0.103 e. The predicted molar refractivity (Wildman–Crippen MR) is 54.4 cm³/mol. The second-order valence-electron chi connectivity index (χ2n) is 2.22. The molecule has 0 fully saturated rings. The highest BCUT2D eigenvalue weighted by Gasteiger charge is 1.94.